The maximum Gasteiger partial charge on any atom is 0.147 e. The first-order valence-electron chi connectivity index (χ1n) is 5.37. The molecule has 1 heterocycles. The standard InChI is InChI=1S/C10H20N4O/c1-4-15-10(7-11)5-6-14-9(3)12-8(2)13-14/h10H,4-7,11H2,1-3H3. The van der Waals surface area contributed by atoms with Crippen molar-refractivity contribution in [3.8, 4) is 0 Å². The molecule has 1 atom stereocenters. The van der Waals surface area contributed by atoms with Crippen LogP contribution in [0.25, 0.3) is 0 Å². The lowest BCUT2D eigenvalue weighted by atomic mass is 10.2. The zero-order chi connectivity index (χ0) is 11.3. The third-order valence-corrected chi connectivity index (χ3v) is 2.29. The van der Waals surface area contributed by atoms with Crippen molar-refractivity contribution < 1.29 is 4.74 Å². The molecule has 0 aliphatic carbocycles. The topological polar surface area (TPSA) is 66.0 Å². The molecule has 0 spiro atoms. The lowest BCUT2D eigenvalue weighted by molar-refractivity contribution is 0.0590. The molecule has 2 N–H and O–H groups in total. The molecule has 0 fully saturated rings. The maximum atomic E-state index is 5.60. The third-order valence-electron chi connectivity index (χ3n) is 2.29. The van der Waals surface area contributed by atoms with Gasteiger partial charge in [-0.25, -0.2) is 4.98 Å². The van der Waals surface area contributed by atoms with E-state index in [9.17, 15) is 0 Å². The van der Waals surface area contributed by atoms with Crippen molar-refractivity contribution in [3.05, 3.63) is 11.6 Å². The zero-order valence-electron chi connectivity index (χ0n) is 9.73. The SMILES string of the molecule is CCOC(CN)CCn1nc(C)nc1C. The molecular formula is C10H20N4O. The van der Waals surface area contributed by atoms with Gasteiger partial charge in [-0.15, -0.1) is 0 Å². The summed E-state index contributed by atoms with van der Waals surface area (Å²) in [6.07, 6.45) is 1.01. The molecule has 0 saturated heterocycles. The molecule has 0 aliphatic rings. The van der Waals surface area contributed by atoms with Crippen LogP contribution in [0, 0.1) is 13.8 Å². The number of nitrogens with two attached hydrogens (primary N) is 1. The summed E-state index contributed by atoms with van der Waals surface area (Å²) in [5, 5.41) is 4.29. The van der Waals surface area contributed by atoms with Crippen LogP contribution in [0.5, 0.6) is 0 Å². The normalized spacial score (nSPS) is 13.1. The summed E-state index contributed by atoms with van der Waals surface area (Å²) >= 11 is 0. The largest absolute Gasteiger partial charge is 0.377 e. The van der Waals surface area contributed by atoms with Crippen LogP contribution in [0.4, 0.5) is 0 Å². The summed E-state index contributed by atoms with van der Waals surface area (Å²) in [6, 6.07) is 0. The summed E-state index contributed by atoms with van der Waals surface area (Å²) in [7, 11) is 0. The van der Waals surface area contributed by atoms with E-state index in [2.05, 4.69) is 10.1 Å². The average Bonchev–Trinajstić information content (AvgIpc) is 2.52. The number of hydrogen-bond acceptors (Lipinski definition) is 4. The van der Waals surface area contributed by atoms with Gasteiger partial charge in [-0.2, -0.15) is 5.10 Å². The Labute approximate surface area is 90.6 Å². The summed E-state index contributed by atoms with van der Waals surface area (Å²) in [5.74, 6) is 1.76. The molecule has 5 heteroatoms. The Morgan fingerprint density at radius 2 is 2.20 bits per heavy atom. The molecule has 0 aromatic carbocycles. The summed E-state index contributed by atoms with van der Waals surface area (Å²) in [5.41, 5.74) is 5.60. The van der Waals surface area contributed by atoms with Gasteiger partial charge in [-0.1, -0.05) is 0 Å². The zero-order valence-corrected chi connectivity index (χ0v) is 9.73. The second-order valence-electron chi connectivity index (χ2n) is 3.53. The van der Waals surface area contributed by atoms with Gasteiger partial charge in [-0.05, 0) is 27.2 Å². The van der Waals surface area contributed by atoms with Gasteiger partial charge < -0.3 is 10.5 Å². The molecule has 1 aromatic rings. The lowest BCUT2D eigenvalue weighted by Crippen LogP contribution is -2.25. The van der Waals surface area contributed by atoms with Crippen LogP contribution in [0.2, 0.25) is 0 Å². The molecule has 5 nitrogen and oxygen atoms in total. The van der Waals surface area contributed by atoms with Crippen LogP contribution in [-0.2, 0) is 11.3 Å². The lowest BCUT2D eigenvalue weighted by Gasteiger charge is -2.14. The van der Waals surface area contributed by atoms with Crippen LogP contribution in [-0.4, -0.2) is 34.0 Å². The molecule has 0 amide bonds. The van der Waals surface area contributed by atoms with E-state index >= 15 is 0 Å². The van der Waals surface area contributed by atoms with Crippen molar-refractivity contribution in [1.82, 2.24) is 14.8 Å². The van der Waals surface area contributed by atoms with E-state index in [4.69, 9.17) is 10.5 Å². The summed E-state index contributed by atoms with van der Waals surface area (Å²) in [4.78, 5) is 4.24. The maximum absolute atomic E-state index is 5.60. The summed E-state index contributed by atoms with van der Waals surface area (Å²) < 4.78 is 7.37. The van der Waals surface area contributed by atoms with E-state index < -0.39 is 0 Å². The minimum atomic E-state index is 0.124. The smallest absolute Gasteiger partial charge is 0.147 e. The third kappa shape index (κ3) is 3.60. The van der Waals surface area contributed by atoms with Crippen molar-refractivity contribution >= 4 is 0 Å². The van der Waals surface area contributed by atoms with Gasteiger partial charge in [0.15, 0.2) is 0 Å². The number of aromatic nitrogens is 3. The molecule has 15 heavy (non-hydrogen) atoms. The summed E-state index contributed by atoms with van der Waals surface area (Å²) in [6.45, 7) is 7.91. The number of nitrogens with zero attached hydrogens (tertiary/aromatic N) is 3. The molecule has 1 rings (SSSR count). The van der Waals surface area contributed by atoms with E-state index in [0.29, 0.717) is 13.2 Å². The Bertz CT molecular complexity index is 298. The van der Waals surface area contributed by atoms with Crippen molar-refractivity contribution in [1.29, 1.82) is 0 Å². The fraction of sp³-hybridized carbons (Fsp3) is 0.800. The molecule has 0 aliphatic heterocycles. The Morgan fingerprint density at radius 1 is 1.47 bits per heavy atom. The van der Waals surface area contributed by atoms with Crippen LogP contribution >= 0.6 is 0 Å². The Hall–Kier alpha value is -0.940. The van der Waals surface area contributed by atoms with Gasteiger partial charge in [0.2, 0.25) is 0 Å². The van der Waals surface area contributed by atoms with E-state index in [1.807, 2.05) is 25.5 Å². The molecule has 0 radical (unpaired) electrons. The highest BCUT2D eigenvalue weighted by Crippen LogP contribution is 2.02. The fourth-order valence-corrected chi connectivity index (χ4v) is 1.54. The number of rotatable bonds is 6. The average molecular weight is 212 g/mol. The fourth-order valence-electron chi connectivity index (χ4n) is 1.54. The first-order chi connectivity index (χ1) is 7.17. The number of ether oxygens (including phenoxy) is 1. The molecule has 1 unspecified atom stereocenters. The molecule has 0 bridgehead atoms. The highest BCUT2D eigenvalue weighted by atomic mass is 16.5. The highest BCUT2D eigenvalue weighted by Gasteiger charge is 2.08. The molecule has 1 aromatic heterocycles. The van der Waals surface area contributed by atoms with Gasteiger partial charge in [-0.3, -0.25) is 4.68 Å². The van der Waals surface area contributed by atoms with E-state index in [0.717, 1.165) is 24.6 Å². The van der Waals surface area contributed by atoms with Gasteiger partial charge >= 0.3 is 0 Å². The molecular weight excluding hydrogens is 192 g/mol. The predicted molar refractivity (Wildman–Crippen MR) is 58.6 cm³/mol. The van der Waals surface area contributed by atoms with E-state index in [-0.39, 0.29) is 6.10 Å². The Morgan fingerprint density at radius 3 is 2.67 bits per heavy atom. The van der Waals surface area contributed by atoms with Gasteiger partial charge in [0, 0.05) is 19.7 Å². The Kier molecular flexibility index (Phi) is 4.71. The van der Waals surface area contributed by atoms with Crippen molar-refractivity contribution in [2.24, 2.45) is 5.73 Å². The minimum absolute atomic E-state index is 0.124. The number of hydrogen-bond donors (Lipinski definition) is 1. The van der Waals surface area contributed by atoms with Crippen LogP contribution in [0.3, 0.4) is 0 Å². The second-order valence-corrected chi connectivity index (χ2v) is 3.53. The van der Waals surface area contributed by atoms with Crippen LogP contribution in [0.15, 0.2) is 0 Å². The first-order valence-corrected chi connectivity index (χ1v) is 5.37. The highest BCUT2D eigenvalue weighted by molar-refractivity contribution is 4.87. The Balaban J connectivity index is 2.44. The minimum Gasteiger partial charge on any atom is -0.377 e. The van der Waals surface area contributed by atoms with Crippen molar-refractivity contribution in [2.45, 2.75) is 39.8 Å². The predicted octanol–water partition coefficient (Wildman–Crippen LogP) is 0.649. The van der Waals surface area contributed by atoms with Gasteiger partial charge in [0.1, 0.15) is 11.6 Å². The van der Waals surface area contributed by atoms with Crippen LogP contribution < -0.4 is 5.73 Å². The second kappa shape index (κ2) is 5.82. The van der Waals surface area contributed by atoms with Crippen molar-refractivity contribution in [2.75, 3.05) is 13.2 Å². The van der Waals surface area contributed by atoms with E-state index in [1.54, 1.807) is 0 Å². The monoisotopic (exact) mass is 212 g/mol. The van der Waals surface area contributed by atoms with Gasteiger partial charge in [0.05, 0.1) is 6.10 Å². The van der Waals surface area contributed by atoms with Crippen molar-refractivity contribution in [3.63, 3.8) is 0 Å². The first kappa shape index (κ1) is 12.1. The van der Waals surface area contributed by atoms with Gasteiger partial charge in [0.25, 0.3) is 0 Å². The number of aryl methyl sites for hydroxylation is 3. The van der Waals surface area contributed by atoms with E-state index in [1.165, 1.54) is 0 Å². The van der Waals surface area contributed by atoms with Crippen LogP contribution in [0.1, 0.15) is 25.0 Å². The molecule has 0 saturated carbocycles. The quantitative estimate of drug-likeness (QED) is 0.752. The molecule has 86 valence electrons.